The van der Waals surface area contributed by atoms with Crippen molar-refractivity contribution in [2.45, 2.75) is 11.3 Å². The van der Waals surface area contributed by atoms with Crippen LogP contribution in [0, 0.1) is 0 Å². The fraction of sp³-hybridized carbons (Fsp3) is 0.462. The quantitative estimate of drug-likeness (QED) is 0.382. The number of guanidine groups is 1. The summed E-state index contributed by atoms with van der Waals surface area (Å²) < 4.78 is 22.3. The van der Waals surface area contributed by atoms with Gasteiger partial charge in [0.05, 0.1) is 4.90 Å². The molecular formula is C13H22N4O2S2. The first-order valence-corrected chi connectivity index (χ1v) is 9.46. The van der Waals surface area contributed by atoms with E-state index in [1.165, 1.54) is 12.1 Å². The molecule has 0 radical (unpaired) electrons. The predicted molar refractivity (Wildman–Crippen MR) is 89.3 cm³/mol. The van der Waals surface area contributed by atoms with E-state index in [0.29, 0.717) is 6.54 Å². The molecular weight excluding hydrogens is 308 g/mol. The van der Waals surface area contributed by atoms with Crippen molar-refractivity contribution >= 4 is 27.7 Å². The van der Waals surface area contributed by atoms with Crippen LogP contribution >= 0.6 is 11.8 Å². The van der Waals surface area contributed by atoms with E-state index in [2.05, 4.69) is 21.9 Å². The van der Waals surface area contributed by atoms with E-state index in [0.717, 1.165) is 30.2 Å². The molecule has 0 saturated heterocycles. The summed E-state index contributed by atoms with van der Waals surface area (Å²) in [7, 11) is -1.89. The molecule has 0 fully saturated rings. The number of hydrogen-bond donors (Lipinski definition) is 3. The Labute approximate surface area is 130 Å². The van der Waals surface area contributed by atoms with E-state index in [1.807, 2.05) is 0 Å². The third-order valence-corrected chi connectivity index (χ3v) is 4.32. The number of sulfonamides is 1. The van der Waals surface area contributed by atoms with Gasteiger partial charge in [0.2, 0.25) is 10.0 Å². The summed E-state index contributed by atoms with van der Waals surface area (Å²) in [5.41, 5.74) is 1.04. The number of rotatable bonds is 7. The van der Waals surface area contributed by atoms with Crippen molar-refractivity contribution in [2.24, 2.45) is 10.1 Å². The Bertz CT molecular complexity index is 556. The van der Waals surface area contributed by atoms with Gasteiger partial charge >= 0.3 is 0 Å². The van der Waals surface area contributed by atoms with Crippen LogP contribution in [-0.4, -0.2) is 46.5 Å². The van der Waals surface area contributed by atoms with Crippen molar-refractivity contribution < 1.29 is 8.42 Å². The molecule has 4 N–H and O–H groups in total. The first-order valence-electron chi connectivity index (χ1n) is 6.52. The number of thioether (sulfide) groups is 1. The van der Waals surface area contributed by atoms with Crippen molar-refractivity contribution in [2.75, 3.05) is 32.1 Å². The van der Waals surface area contributed by atoms with E-state index < -0.39 is 10.0 Å². The lowest BCUT2D eigenvalue weighted by Gasteiger charge is -2.11. The molecule has 1 aromatic rings. The highest BCUT2D eigenvalue weighted by Crippen LogP contribution is 2.08. The van der Waals surface area contributed by atoms with Gasteiger partial charge in [0.25, 0.3) is 0 Å². The van der Waals surface area contributed by atoms with Crippen LogP contribution in [0.1, 0.15) is 5.56 Å². The average Bonchev–Trinajstić information content (AvgIpc) is 2.45. The monoisotopic (exact) mass is 330 g/mol. The van der Waals surface area contributed by atoms with E-state index in [-0.39, 0.29) is 4.90 Å². The smallest absolute Gasteiger partial charge is 0.238 e. The summed E-state index contributed by atoms with van der Waals surface area (Å²) in [6.45, 7) is 1.58. The maximum absolute atomic E-state index is 11.2. The van der Waals surface area contributed by atoms with E-state index in [1.54, 1.807) is 30.9 Å². The zero-order valence-corrected chi connectivity index (χ0v) is 13.9. The number of nitrogens with zero attached hydrogens (tertiary/aromatic N) is 1. The third kappa shape index (κ3) is 6.83. The second-order valence-electron chi connectivity index (χ2n) is 4.36. The lowest BCUT2D eigenvalue weighted by atomic mass is 10.1. The van der Waals surface area contributed by atoms with Crippen LogP contribution in [0.5, 0.6) is 0 Å². The van der Waals surface area contributed by atoms with Gasteiger partial charge in [0, 0.05) is 25.9 Å². The van der Waals surface area contributed by atoms with Crippen molar-refractivity contribution in [3.63, 3.8) is 0 Å². The normalized spacial score (nSPS) is 12.2. The van der Waals surface area contributed by atoms with Gasteiger partial charge < -0.3 is 10.6 Å². The molecule has 0 aromatic heterocycles. The molecule has 6 nitrogen and oxygen atoms in total. The minimum Gasteiger partial charge on any atom is -0.356 e. The number of hydrogen-bond acceptors (Lipinski definition) is 4. The summed E-state index contributed by atoms with van der Waals surface area (Å²) in [5.74, 6) is 1.79. The van der Waals surface area contributed by atoms with E-state index >= 15 is 0 Å². The van der Waals surface area contributed by atoms with E-state index in [4.69, 9.17) is 5.14 Å². The molecule has 0 heterocycles. The second-order valence-corrected chi connectivity index (χ2v) is 6.90. The molecule has 21 heavy (non-hydrogen) atoms. The molecule has 0 atom stereocenters. The highest BCUT2D eigenvalue weighted by atomic mass is 32.2. The van der Waals surface area contributed by atoms with Crippen LogP contribution < -0.4 is 15.8 Å². The molecule has 0 saturated carbocycles. The van der Waals surface area contributed by atoms with Crippen LogP contribution in [0.4, 0.5) is 0 Å². The minimum absolute atomic E-state index is 0.133. The Morgan fingerprint density at radius 3 is 2.38 bits per heavy atom. The third-order valence-electron chi connectivity index (χ3n) is 2.78. The summed E-state index contributed by atoms with van der Waals surface area (Å²) in [4.78, 5) is 4.26. The Hall–Kier alpha value is -1.25. The molecule has 1 rings (SSSR count). The number of nitrogens with one attached hydrogen (secondary N) is 2. The Kier molecular flexibility index (Phi) is 7.55. The van der Waals surface area contributed by atoms with E-state index in [9.17, 15) is 8.42 Å². The standard InChI is InChI=1S/C13H22N4O2S2/c1-15-13(17-9-10-20-2)16-8-7-11-3-5-12(6-4-11)21(14,18)19/h3-6H,7-10H2,1-2H3,(H2,14,18,19)(H2,15,16,17). The fourth-order valence-corrected chi connectivity index (χ4v) is 2.48. The first kappa shape index (κ1) is 17.8. The van der Waals surface area contributed by atoms with Crippen LogP contribution in [0.25, 0.3) is 0 Å². The van der Waals surface area contributed by atoms with Crippen molar-refractivity contribution in [3.05, 3.63) is 29.8 Å². The van der Waals surface area contributed by atoms with Crippen molar-refractivity contribution in [3.8, 4) is 0 Å². The molecule has 0 amide bonds. The van der Waals surface area contributed by atoms with Gasteiger partial charge in [0.1, 0.15) is 0 Å². The Morgan fingerprint density at radius 2 is 1.86 bits per heavy atom. The highest BCUT2D eigenvalue weighted by Gasteiger charge is 2.06. The highest BCUT2D eigenvalue weighted by molar-refractivity contribution is 7.98. The molecule has 0 bridgehead atoms. The molecule has 8 heteroatoms. The summed E-state index contributed by atoms with van der Waals surface area (Å²) >= 11 is 1.77. The minimum atomic E-state index is -3.62. The number of aliphatic imine (C=N–C) groups is 1. The maximum Gasteiger partial charge on any atom is 0.238 e. The van der Waals surface area contributed by atoms with Gasteiger partial charge in [-0.05, 0) is 30.4 Å². The summed E-state index contributed by atoms with van der Waals surface area (Å²) in [6, 6.07) is 6.59. The molecule has 0 aliphatic carbocycles. The first-order chi connectivity index (χ1) is 9.97. The van der Waals surface area contributed by atoms with Gasteiger partial charge in [-0.25, -0.2) is 13.6 Å². The Morgan fingerprint density at radius 1 is 1.24 bits per heavy atom. The second kappa shape index (κ2) is 8.91. The van der Waals surface area contributed by atoms with Crippen LogP contribution in [0.2, 0.25) is 0 Å². The molecule has 118 valence electrons. The zero-order chi connectivity index (χ0) is 15.7. The molecule has 0 aliphatic heterocycles. The van der Waals surface area contributed by atoms with Gasteiger partial charge in [-0.15, -0.1) is 0 Å². The van der Waals surface area contributed by atoms with Gasteiger partial charge in [0.15, 0.2) is 5.96 Å². The molecule has 0 unspecified atom stereocenters. The molecule has 0 spiro atoms. The van der Waals surface area contributed by atoms with Crippen molar-refractivity contribution in [1.29, 1.82) is 0 Å². The fourth-order valence-electron chi connectivity index (χ4n) is 1.66. The lowest BCUT2D eigenvalue weighted by Crippen LogP contribution is -2.39. The average molecular weight is 330 g/mol. The maximum atomic E-state index is 11.2. The molecule has 1 aromatic carbocycles. The van der Waals surface area contributed by atoms with Crippen molar-refractivity contribution in [1.82, 2.24) is 10.6 Å². The van der Waals surface area contributed by atoms with Gasteiger partial charge in [-0.2, -0.15) is 11.8 Å². The predicted octanol–water partition coefficient (Wildman–Crippen LogP) is 0.405. The number of nitrogens with two attached hydrogens (primary N) is 1. The largest absolute Gasteiger partial charge is 0.356 e. The topological polar surface area (TPSA) is 96.6 Å². The number of benzene rings is 1. The van der Waals surface area contributed by atoms with Gasteiger partial charge in [-0.3, -0.25) is 4.99 Å². The van der Waals surface area contributed by atoms with Crippen LogP contribution in [0.15, 0.2) is 34.2 Å². The van der Waals surface area contributed by atoms with Crippen LogP contribution in [-0.2, 0) is 16.4 Å². The number of primary sulfonamides is 1. The van der Waals surface area contributed by atoms with Crippen LogP contribution in [0.3, 0.4) is 0 Å². The summed E-state index contributed by atoms with van der Waals surface area (Å²) in [6.07, 6.45) is 2.83. The lowest BCUT2D eigenvalue weighted by molar-refractivity contribution is 0.598. The summed E-state index contributed by atoms with van der Waals surface area (Å²) in [5, 5.41) is 11.5. The van der Waals surface area contributed by atoms with Gasteiger partial charge in [-0.1, -0.05) is 12.1 Å². The Balaban J connectivity index is 2.41. The zero-order valence-electron chi connectivity index (χ0n) is 12.3. The molecule has 0 aliphatic rings. The SMILES string of the molecule is CN=C(NCCSC)NCCc1ccc(S(N)(=O)=O)cc1.